The van der Waals surface area contributed by atoms with Gasteiger partial charge in [0.05, 0.1) is 35.7 Å². The number of nitrogens with one attached hydrogen (secondary N) is 2. The summed E-state index contributed by atoms with van der Waals surface area (Å²) in [5.74, 6) is -3.00. The molecule has 0 aliphatic carbocycles. The van der Waals surface area contributed by atoms with Crippen molar-refractivity contribution in [3.05, 3.63) is 76.8 Å². The predicted octanol–water partition coefficient (Wildman–Crippen LogP) is 7.20. The molecule has 2 aromatic carbocycles. The van der Waals surface area contributed by atoms with Crippen LogP contribution in [0.4, 0.5) is 11.9 Å². The fourth-order valence-corrected chi connectivity index (χ4v) is 8.49. The molecule has 3 aromatic heterocycles. The number of hydrogen-bond acceptors (Lipinski definition) is 15. The average molecular weight is 1130 g/mol. The zero-order valence-corrected chi connectivity index (χ0v) is 49.4. The number of aliphatic imine (C=N–C) groups is 1. The van der Waals surface area contributed by atoms with Crippen LogP contribution < -0.4 is 37.3 Å². The maximum Gasteiger partial charge on any atom is 0.276 e. The highest BCUT2D eigenvalue weighted by Gasteiger charge is 2.36. The Bertz CT molecular complexity index is 3060. The van der Waals surface area contributed by atoms with Crippen LogP contribution in [0.2, 0.25) is 0 Å². The Morgan fingerprint density at radius 1 is 0.825 bits per heavy atom. The molecule has 436 valence electrons. The van der Waals surface area contributed by atoms with E-state index in [0.29, 0.717) is 47.5 Å². The summed E-state index contributed by atoms with van der Waals surface area (Å²) >= 11 is 4.14. The van der Waals surface area contributed by atoms with Gasteiger partial charge in [-0.15, -0.1) is 0 Å². The SMILES string of the molecule is CC.CC.CCCCCC.CCN=C(/C=C(/C)N)C(=O)Nc1nc2cc(C(N)=O)cc(OC)c2n1C/C=C/Cn1c(NC(=O)c2cc(C)nn2CC)nc2cc(C(N)=O)cc(OCCCN(C)C(=O)CCN3C(=O)CC(S)C3=O)c21. The van der Waals surface area contributed by atoms with E-state index < -0.39 is 34.8 Å². The van der Waals surface area contributed by atoms with Gasteiger partial charge >= 0.3 is 0 Å². The van der Waals surface area contributed by atoms with Crippen LogP contribution in [0.15, 0.2) is 59.2 Å². The van der Waals surface area contributed by atoms with Crippen LogP contribution in [0.5, 0.6) is 11.5 Å². The van der Waals surface area contributed by atoms with Crippen molar-refractivity contribution in [1.29, 1.82) is 0 Å². The molecule has 7 amide bonds. The van der Waals surface area contributed by atoms with E-state index in [4.69, 9.17) is 31.7 Å². The predicted molar refractivity (Wildman–Crippen MR) is 316 cm³/mol. The van der Waals surface area contributed by atoms with Gasteiger partial charge in [0.25, 0.3) is 11.8 Å². The number of carbonyl (C=O) groups is 7. The number of ether oxygens (including phenoxy) is 2. The van der Waals surface area contributed by atoms with Crippen molar-refractivity contribution in [1.82, 2.24) is 38.7 Å². The van der Waals surface area contributed by atoms with Crippen molar-refractivity contribution in [2.75, 3.05) is 51.0 Å². The van der Waals surface area contributed by atoms with E-state index in [9.17, 15) is 33.6 Å². The number of methoxy groups -OCH3 is 1. The molecule has 6 rings (SSSR count). The highest BCUT2D eigenvalue weighted by Crippen LogP contribution is 2.33. The smallest absolute Gasteiger partial charge is 0.276 e. The molecule has 5 aromatic rings. The summed E-state index contributed by atoms with van der Waals surface area (Å²) in [6.45, 7) is 20.6. The number of hydrogen-bond donors (Lipinski definition) is 6. The summed E-state index contributed by atoms with van der Waals surface area (Å²) in [5.41, 5.74) is 20.2. The Labute approximate surface area is 474 Å². The number of imide groups is 1. The first-order chi connectivity index (χ1) is 38.3. The molecule has 24 heteroatoms. The van der Waals surface area contributed by atoms with E-state index in [-0.39, 0.29) is 109 Å². The lowest BCUT2D eigenvalue weighted by Gasteiger charge is -2.20. The second-order valence-electron chi connectivity index (χ2n) is 17.9. The number of imidazole rings is 2. The number of benzene rings is 2. The van der Waals surface area contributed by atoms with Crippen LogP contribution >= 0.6 is 12.6 Å². The molecule has 4 heterocycles. The zero-order chi connectivity index (χ0) is 59.8. The second kappa shape index (κ2) is 32.8. The highest BCUT2D eigenvalue weighted by atomic mass is 32.1. The molecule has 0 spiro atoms. The van der Waals surface area contributed by atoms with Gasteiger partial charge in [-0.2, -0.15) is 17.7 Å². The van der Waals surface area contributed by atoms with Crippen molar-refractivity contribution in [3.8, 4) is 11.5 Å². The number of amides is 7. The zero-order valence-electron chi connectivity index (χ0n) is 48.5. The second-order valence-corrected chi connectivity index (χ2v) is 18.5. The van der Waals surface area contributed by atoms with E-state index in [0.717, 1.165) is 4.90 Å². The Morgan fingerprint density at radius 2 is 1.38 bits per heavy atom. The fraction of sp³-hybridized carbons (Fsp3) is 0.482. The number of thiol groups is 1. The van der Waals surface area contributed by atoms with E-state index in [2.05, 4.69) is 52.2 Å². The molecule has 23 nitrogen and oxygen atoms in total. The van der Waals surface area contributed by atoms with Crippen LogP contribution in [0.1, 0.15) is 144 Å². The lowest BCUT2D eigenvalue weighted by Crippen LogP contribution is -2.36. The number of unbranched alkanes of at least 4 members (excludes halogenated alkanes) is 3. The molecule has 80 heavy (non-hydrogen) atoms. The molecule has 1 fully saturated rings. The fourth-order valence-electron chi connectivity index (χ4n) is 8.19. The van der Waals surface area contributed by atoms with Gasteiger partial charge in [-0.3, -0.25) is 58.8 Å². The van der Waals surface area contributed by atoms with Crippen molar-refractivity contribution in [3.63, 3.8) is 0 Å². The number of primary amides is 2. The lowest BCUT2D eigenvalue weighted by molar-refractivity contribution is -0.139. The van der Waals surface area contributed by atoms with Gasteiger partial charge in [-0.05, 0) is 70.5 Å². The molecule has 1 atom stereocenters. The monoisotopic (exact) mass is 1130 g/mol. The first kappa shape index (κ1) is 66.3. The standard InChI is InChI=1S/C46H56N14O9S.C6H14.2C2H6/c1-7-50-31(18-25(3)47)42(65)53-45-51-29-20-27(40(48)63)22-33(68-6)38(29)58(45)14-9-10-15-59-39-30(52-46(59)54-43(66)32-19-26(4)55-60(32)8-2)21-28(41(49)64)23-34(39)69-17-11-13-56(5)36(61)12-16-57-37(62)24-35(70)44(57)67;1-3-5-6-4-2;2*1-2/h9-10,18-23,35,70H,7-8,11-17,24,47H2,1-6H3,(H2,48,63)(H2,49,64)(H,51,53,65)(H,52,54,66);3-6H2,1-2H3;2*1-2H3/b10-9+,25-18-,50-31?;;;. The third kappa shape index (κ3) is 17.7. The minimum absolute atomic E-state index is 0.00671. The molecular formula is C56H82N14O9S. The van der Waals surface area contributed by atoms with Crippen LogP contribution in [0, 0.1) is 6.92 Å². The Kier molecular flexibility index (Phi) is 27.1. The van der Waals surface area contributed by atoms with Crippen LogP contribution in [-0.4, -0.2) is 131 Å². The van der Waals surface area contributed by atoms with Gasteiger partial charge in [0.15, 0.2) is 0 Å². The number of aromatic nitrogens is 6. The molecule has 8 N–H and O–H groups in total. The molecule has 0 bridgehead atoms. The Balaban J connectivity index is 0.00000156. The topological polar surface area (TPSA) is 312 Å². The van der Waals surface area contributed by atoms with Gasteiger partial charge < -0.3 is 40.7 Å². The number of allylic oxidation sites excluding steroid dienone is 3. The number of carbonyl (C=O) groups excluding carboxylic acids is 7. The Hall–Kier alpha value is -8.02. The van der Waals surface area contributed by atoms with Gasteiger partial charge in [-0.1, -0.05) is 79.4 Å². The number of fused-ring (bicyclic) bond motifs is 2. The summed E-state index contributed by atoms with van der Waals surface area (Å²) in [6.07, 6.45) is 10.8. The van der Waals surface area contributed by atoms with Gasteiger partial charge in [0, 0.05) is 76.0 Å². The number of anilines is 2. The molecule has 0 saturated carbocycles. The third-order valence-corrected chi connectivity index (χ3v) is 12.4. The third-order valence-electron chi connectivity index (χ3n) is 12.0. The Morgan fingerprint density at radius 3 is 1.86 bits per heavy atom. The first-order valence-corrected chi connectivity index (χ1v) is 27.7. The average Bonchev–Trinajstić information content (AvgIpc) is 4.35. The molecular weight excluding hydrogens is 1040 g/mol. The minimum atomic E-state index is -0.755. The van der Waals surface area contributed by atoms with Gasteiger partial charge in [0.2, 0.25) is 41.4 Å². The molecule has 1 aliphatic heterocycles. The summed E-state index contributed by atoms with van der Waals surface area (Å²) < 4.78 is 16.9. The van der Waals surface area contributed by atoms with E-state index in [1.54, 1.807) is 59.9 Å². The van der Waals surface area contributed by atoms with Crippen LogP contribution in [0.25, 0.3) is 22.1 Å². The summed E-state index contributed by atoms with van der Waals surface area (Å²) in [7, 11) is 3.02. The van der Waals surface area contributed by atoms with E-state index in [1.807, 2.05) is 34.6 Å². The van der Waals surface area contributed by atoms with Crippen LogP contribution in [-0.2, 0) is 38.8 Å². The first-order valence-electron chi connectivity index (χ1n) is 27.2. The number of rotatable bonds is 25. The van der Waals surface area contributed by atoms with E-state index >= 15 is 0 Å². The van der Waals surface area contributed by atoms with Gasteiger partial charge in [-0.25, -0.2) is 9.97 Å². The number of nitrogens with zero attached hydrogens (tertiary/aromatic N) is 9. The number of nitrogens with two attached hydrogens (primary N) is 3. The maximum atomic E-state index is 13.9. The van der Waals surface area contributed by atoms with Crippen molar-refractivity contribution >= 4 is 93.7 Å². The largest absolute Gasteiger partial charge is 0.494 e. The number of likely N-dealkylation sites (tertiary alicyclic amines) is 1. The molecule has 0 radical (unpaired) electrons. The van der Waals surface area contributed by atoms with Crippen molar-refractivity contribution < 1.29 is 43.0 Å². The van der Waals surface area contributed by atoms with Gasteiger partial charge in [0.1, 0.15) is 33.9 Å². The lowest BCUT2D eigenvalue weighted by atomic mass is 10.1. The van der Waals surface area contributed by atoms with Crippen LogP contribution in [0.3, 0.4) is 0 Å². The number of aryl methyl sites for hydroxylation is 2. The molecule has 1 saturated heterocycles. The van der Waals surface area contributed by atoms with E-state index in [1.165, 1.54) is 68.0 Å². The highest BCUT2D eigenvalue weighted by molar-refractivity contribution is 7.81. The summed E-state index contributed by atoms with van der Waals surface area (Å²) in [4.78, 5) is 106. The quantitative estimate of drug-likeness (QED) is 0.0111. The minimum Gasteiger partial charge on any atom is -0.494 e. The van der Waals surface area contributed by atoms with Crippen molar-refractivity contribution in [2.45, 2.75) is 139 Å². The molecule has 1 unspecified atom stereocenters. The summed E-state index contributed by atoms with van der Waals surface area (Å²) in [6, 6.07) is 7.55. The normalized spacial score (nSPS) is 13.3. The summed E-state index contributed by atoms with van der Waals surface area (Å²) in [5, 5.41) is 9.40. The maximum absolute atomic E-state index is 13.9. The van der Waals surface area contributed by atoms with Crippen molar-refractivity contribution in [2.24, 2.45) is 22.2 Å². The molecule has 1 aliphatic rings.